The van der Waals surface area contributed by atoms with Gasteiger partial charge in [-0.2, -0.15) is 0 Å². The number of rotatable bonds is 7. The van der Waals surface area contributed by atoms with Crippen LogP contribution in [0.15, 0.2) is 35.3 Å². The van der Waals surface area contributed by atoms with Crippen molar-refractivity contribution in [1.29, 1.82) is 0 Å². The number of anilines is 1. The van der Waals surface area contributed by atoms with Crippen molar-refractivity contribution >= 4 is 19.7 Å². The molecule has 0 spiro atoms. The third-order valence-electron chi connectivity index (χ3n) is 5.12. The minimum Gasteiger partial charge on any atom is -0.493 e. The number of nitrogens with one attached hydrogen (secondary N) is 1. The zero-order valence-electron chi connectivity index (χ0n) is 15.6. The SMILES string of the molecule is CC[SiH](C)c1ccc(OCC2CC2)c(-c2cc(NC)c(=O)n(C)c2)c1. The maximum atomic E-state index is 12.2. The van der Waals surface area contributed by atoms with E-state index in [-0.39, 0.29) is 5.56 Å². The molecule has 1 aliphatic carbocycles. The average Bonchev–Trinajstić information content (AvgIpc) is 3.45. The van der Waals surface area contributed by atoms with Crippen LogP contribution in [0.5, 0.6) is 5.75 Å². The molecule has 3 rings (SSSR count). The normalized spacial score (nSPS) is 15.0. The van der Waals surface area contributed by atoms with E-state index in [9.17, 15) is 4.79 Å². The number of benzene rings is 1. The van der Waals surface area contributed by atoms with Gasteiger partial charge in [0.25, 0.3) is 5.56 Å². The molecule has 1 unspecified atom stereocenters. The van der Waals surface area contributed by atoms with Crippen LogP contribution in [-0.2, 0) is 7.05 Å². The molecule has 134 valence electrons. The Hall–Kier alpha value is -2.01. The van der Waals surface area contributed by atoms with Gasteiger partial charge in [0.1, 0.15) is 11.4 Å². The van der Waals surface area contributed by atoms with Crippen LogP contribution < -0.4 is 20.8 Å². The average molecular weight is 357 g/mol. The zero-order chi connectivity index (χ0) is 18.0. The second kappa shape index (κ2) is 7.48. The van der Waals surface area contributed by atoms with E-state index < -0.39 is 8.80 Å². The van der Waals surface area contributed by atoms with Crippen molar-refractivity contribution < 1.29 is 4.74 Å². The molecule has 0 radical (unpaired) electrons. The van der Waals surface area contributed by atoms with E-state index >= 15 is 0 Å². The van der Waals surface area contributed by atoms with Crippen LogP contribution >= 0.6 is 0 Å². The fourth-order valence-electron chi connectivity index (χ4n) is 2.97. The Labute approximate surface area is 151 Å². The van der Waals surface area contributed by atoms with Gasteiger partial charge in [0, 0.05) is 31.4 Å². The number of ether oxygens (including phenoxy) is 1. The van der Waals surface area contributed by atoms with Crippen LogP contribution in [0.4, 0.5) is 5.69 Å². The standard InChI is InChI=1S/C20H28N2O2Si/c1-5-25(4)16-8-9-19(24-13-14-6-7-14)17(11-16)15-10-18(21-2)20(23)22(3)12-15/h8-12,14,21,25H,5-7,13H2,1-4H3. The molecule has 1 aliphatic rings. The van der Waals surface area contributed by atoms with Gasteiger partial charge in [0.05, 0.1) is 15.4 Å². The predicted molar refractivity (Wildman–Crippen MR) is 108 cm³/mol. The zero-order valence-corrected chi connectivity index (χ0v) is 16.8. The van der Waals surface area contributed by atoms with Gasteiger partial charge in [-0.3, -0.25) is 4.79 Å². The summed E-state index contributed by atoms with van der Waals surface area (Å²) in [5, 5.41) is 4.45. The van der Waals surface area contributed by atoms with Crippen molar-refractivity contribution in [2.45, 2.75) is 32.4 Å². The Balaban J connectivity index is 2.06. The predicted octanol–water partition coefficient (Wildman–Crippen LogP) is 2.97. The van der Waals surface area contributed by atoms with E-state index in [1.165, 1.54) is 24.1 Å². The highest BCUT2D eigenvalue weighted by atomic mass is 28.3. The first-order chi connectivity index (χ1) is 12.0. The van der Waals surface area contributed by atoms with E-state index in [1.54, 1.807) is 18.7 Å². The van der Waals surface area contributed by atoms with Crippen molar-refractivity contribution in [2.24, 2.45) is 13.0 Å². The van der Waals surface area contributed by atoms with Crippen molar-refractivity contribution in [2.75, 3.05) is 19.0 Å². The molecule has 1 fully saturated rings. The van der Waals surface area contributed by atoms with Crippen molar-refractivity contribution in [1.82, 2.24) is 4.57 Å². The van der Waals surface area contributed by atoms with E-state index in [2.05, 4.69) is 37.0 Å². The number of aryl methyl sites for hydroxylation is 1. The Kier molecular flexibility index (Phi) is 5.32. The Morgan fingerprint density at radius 1 is 1.32 bits per heavy atom. The summed E-state index contributed by atoms with van der Waals surface area (Å²) in [5.41, 5.74) is 2.72. The molecule has 1 heterocycles. The van der Waals surface area contributed by atoms with Crippen molar-refractivity contribution in [3.63, 3.8) is 0 Å². The van der Waals surface area contributed by atoms with Crippen LogP contribution in [0.1, 0.15) is 19.8 Å². The smallest absolute Gasteiger partial charge is 0.273 e. The number of aromatic nitrogens is 1. The molecule has 0 aliphatic heterocycles. The number of pyridine rings is 1. The second-order valence-electron chi connectivity index (χ2n) is 7.13. The minimum absolute atomic E-state index is 0.0147. The van der Waals surface area contributed by atoms with Crippen molar-refractivity contribution in [3.8, 4) is 16.9 Å². The van der Waals surface area contributed by atoms with Gasteiger partial charge < -0.3 is 14.6 Å². The van der Waals surface area contributed by atoms with E-state index in [1.807, 2.05) is 12.3 Å². The van der Waals surface area contributed by atoms with E-state index in [4.69, 9.17) is 4.74 Å². The Bertz CT molecular complexity index is 812. The molecule has 0 bridgehead atoms. The molecule has 0 saturated heterocycles. The summed E-state index contributed by atoms with van der Waals surface area (Å²) >= 11 is 0. The van der Waals surface area contributed by atoms with E-state index in [0.29, 0.717) is 11.6 Å². The summed E-state index contributed by atoms with van der Waals surface area (Å²) in [5.74, 6) is 1.64. The molecule has 1 saturated carbocycles. The lowest BCUT2D eigenvalue weighted by Crippen LogP contribution is -2.25. The van der Waals surface area contributed by atoms with Crippen LogP contribution in [0.25, 0.3) is 11.1 Å². The first kappa shape index (κ1) is 17.8. The van der Waals surface area contributed by atoms with Gasteiger partial charge in [-0.15, -0.1) is 0 Å². The summed E-state index contributed by atoms with van der Waals surface area (Å²) in [6.45, 7) is 5.43. The van der Waals surface area contributed by atoms with Gasteiger partial charge in [0.2, 0.25) is 0 Å². The fraction of sp³-hybridized carbons (Fsp3) is 0.450. The van der Waals surface area contributed by atoms with Crippen LogP contribution in [-0.4, -0.2) is 27.0 Å². The molecular formula is C20H28N2O2Si. The highest BCUT2D eigenvalue weighted by Gasteiger charge is 2.23. The van der Waals surface area contributed by atoms with Gasteiger partial charge in [-0.25, -0.2) is 0 Å². The Morgan fingerprint density at radius 2 is 2.08 bits per heavy atom. The van der Waals surface area contributed by atoms with Gasteiger partial charge in [-0.1, -0.05) is 36.8 Å². The summed E-state index contributed by atoms with van der Waals surface area (Å²) < 4.78 is 7.77. The molecule has 0 amide bonds. The summed E-state index contributed by atoms with van der Waals surface area (Å²) in [7, 11) is 2.66. The quantitative estimate of drug-likeness (QED) is 0.776. The first-order valence-electron chi connectivity index (χ1n) is 9.19. The van der Waals surface area contributed by atoms with Crippen molar-refractivity contribution in [3.05, 3.63) is 40.8 Å². The monoisotopic (exact) mass is 356 g/mol. The number of nitrogens with zero attached hydrogens (tertiary/aromatic N) is 1. The molecular weight excluding hydrogens is 328 g/mol. The van der Waals surface area contributed by atoms with Crippen LogP contribution in [0.3, 0.4) is 0 Å². The molecule has 25 heavy (non-hydrogen) atoms. The lowest BCUT2D eigenvalue weighted by molar-refractivity contribution is 0.301. The van der Waals surface area contributed by atoms with E-state index in [0.717, 1.165) is 23.5 Å². The maximum absolute atomic E-state index is 12.2. The third-order valence-corrected chi connectivity index (χ3v) is 7.84. The molecule has 1 aromatic heterocycles. The fourth-order valence-corrected chi connectivity index (χ4v) is 4.32. The van der Waals surface area contributed by atoms with Gasteiger partial charge in [-0.05, 0) is 30.9 Å². The lowest BCUT2D eigenvalue weighted by atomic mass is 10.1. The molecule has 2 aromatic rings. The second-order valence-corrected chi connectivity index (χ2v) is 10.4. The Morgan fingerprint density at radius 3 is 2.72 bits per heavy atom. The first-order valence-corrected chi connectivity index (χ1v) is 11.7. The lowest BCUT2D eigenvalue weighted by Gasteiger charge is -2.17. The molecule has 1 aromatic carbocycles. The van der Waals surface area contributed by atoms with Crippen LogP contribution in [0.2, 0.25) is 12.6 Å². The summed E-state index contributed by atoms with van der Waals surface area (Å²) in [6.07, 6.45) is 4.46. The van der Waals surface area contributed by atoms with Gasteiger partial charge in [0.15, 0.2) is 0 Å². The minimum atomic E-state index is -0.921. The highest BCUT2D eigenvalue weighted by molar-refractivity contribution is 6.72. The topological polar surface area (TPSA) is 43.3 Å². The number of hydrogen-bond donors (Lipinski definition) is 1. The largest absolute Gasteiger partial charge is 0.493 e. The van der Waals surface area contributed by atoms with Crippen LogP contribution in [0, 0.1) is 5.92 Å². The highest BCUT2D eigenvalue weighted by Crippen LogP contribution is 2.34. The number of hydrogen-bond acceptors (Lipinski definition) is 3. The molecule has 1 atom stereocenters. The maximum Gasteiger partial charge on any atom is 0.273 e. The molecule has 4 nitrogen and oxygen atoms in total. The third kappa shape index (κ3) is 3.98. The van der Waals surface area contributed by atoms with Gasteiger partial charge >= 0.3 is 0 Å². The summed E-state index contributed by atoms with van der Waals surface area (Å²) in [4.78, 5) is 12.2. The summed E-state index contributed by atoms with van der Waals surface area (Å²) in [6, 6.07) is 9.80. The molecule has 5 heteroatoms. The molecule has 1 N–H and O–H groups in total.